The molecule has 1 saturated carbocycles. The van der Waals surface area contributed by atoms with Gasteiger partial charge in [-0.1, -0.05) is 12.8 Å². The van der Waals surface area contributed by atoms with Crippen molar-refractivity contribution in [2.75, 3.05) is 13.1 Å². The number of carbonyl (C=O) groups is 2. The molecule has 6 heteroatoms. The lowest BCUT2D eigenvalue weighted by molar-refractivity contribution is -0.144. The molecule has 19 heavy (non-hydrogen) atoms. The molecule has 1 fully saturated rings. The van der Waals surface area contributed by atoms with Gasteiger partial charge in [-0.05, 0) is 26.7 Å². The molecule has 6 nitrogen and oxygen atoms in total. The average molecular weight is 267 g/mol. The summed E-state index contributed by atoms with van der Waals surface area (Å²) < 4.78 is 0. The number of urea groups is 1. The van der Waals surface area contributed by atoms with E-state index in [1.54, 1.807) is 6.92 Å². The molecule has 0 aromatic carbocycles. The molecule has 0 aromatic rings. The van der Waals surface area contributed by atoms with Gasteiger partial charge in [0.25, 0.3) is 0 Å². The first kappa shape index (κ1) is 15.3. The quantitative estimate of drug-likeness (QED) is 0.790. The average Bonchev–Trinajstić information content (AvgIpc) is 2.85. The zero-order valence-corrected chi connectivity index (χ0v) is 11.5. The van der Waals surface area contributed by atoms with E-state index in [-0.39, 0.29) is 5.92 Å². The van der Waals surface area contributed by atoms with E-state index < -0.39 is 17.5 Å². The topological polar surface area (TPSA) is 93.4 Å². The number of aliphatic carboxylic acids is 1. The Labute approximate surface area is 113 Å². The summed E-state index contributed by atoms with van der Waals surface area (Å²) in [6.07, 6.45) is 2.57. The van der Waals surface area contributed by atoms with Crippen LogP contribution in [0, 0.1) is 17.2 Å². The second-order valence-corrected chi connectivity index (χ2v) is 5.09. The minimum absolute atomic E-state index is 0.268. The van der Waals surface area contributed by atoms with Crippen LogP contribution >= 0.6 is 0 Å². The number of hydrogen-bond donors (Lipinski definition) is 2. The maximum absolute atomic E-state index is 12.1. The van der Waals surface area contributed by atoms with Crippen molar-refractivity contribution < 1.29 is 14.7 Å². The molecule has 2 amide bonds. The fourth-order valence-corrected chi connectivity index (χ4v) is 2.38. The van der Waals surface area contributed by atoms with Crippen molar-refractivity contribution in [3.8, 4) is 6.07 Å². The van der Waals surface area contributed by atoms with Gasteiger partial charge in [-0.3, -0.25) is 0 Å². The van der Waals surface area contributed by atoms with Gasteiger partial charge in [0.2, 0.25) is 0 Å². The largest absolute Gasteiger partial charge is 0.480 e. The van der Waals surface area contributed by atoms with Crippen molar-refractivity contribution in [2.24, 2.45) is 5.92 Å². The van der Waals surface area contributed by atoms with Crippen LogP contribution < -0.4 is 5.32 Å². The maximum atomic E-state index is 12.1. The van der Waals surface area contributed by atoms with E-state index in [2.05, 4.69) is 11.4 Å². The fraction of sp³-hybridized carbons (Fsp3) is 0.769. The third-order valence-corrected chi connectivity index (χ3v) is 3.60. The Morgan fingerprint density at radius 2 is 2.05 bits per heavy atom. The minimum atomic E-state index is -1.12. The highest BCUT2D eigenvalue weighted by molar-refractivity contribution is 5.86. The first-order chi connectivity index (χ1) is 8.95. The van der Waals surface area contributed by atoms with E-state index in [1.807, 2.05) is 6.92 Å². The second-order valence-electron chi connectivity index (χ2n) is 5.09. The molecule has 1 aliphatic carbocycles. The Morgan fingerprint density at radius 3 is 2.47 bits per heavy atom. The minimum Gasteiger partial charge on any atom is -0.480 e. The first-order valence-electron chi connectivity index (χ1n) is 6.65. The number of carbonyl (C=O) groups excluding carboxylic acids is 1. The molecular formula is C13H21N3O3. The van der Waals surface area contributed by atoms with E-state index in [1.165, 1.54) is 4.90 Å². The van der Waals surface area contributed by atoms with Crippen molar-refractivity contribution in [1.29, 1.82) is 5.26 Å². The predicted octanol–water partition coefficient (Wildman–Crippen LogP) is 1.57. The lowest BCUT2D eigenvalue weighted by Crippen LogP contribution is -2.56. The highest BCUT2D eigenvalue weighted by Crippen LogP contribution is 2.30. The normalized spacial score (nSPS) is 18.4. The smallest absolute Gasteiger partial charge is 0.329 e. The van der Waals surface area contributed by atoms with Gasteiger partial charge in [-0.15, -0.1) is 0 Å². The van der Waals surface area contributed by atoms with Crippen LogP contribution in [-0.4, -0.2) is 40.6 Å². The number of amides is 2. The lowest BCUT2D eigenvalue weighted by Gasteiger charge is -2.30. The van der Waals surface area contributed by atoms with E-state index in [9.17, 15) is 14.7 Å². The number of carboxylic acid groups (broad SMARTS) is 1. The first-order valence-corrected chi connectivity index (χ1v) is 6.65. The predicted molar refractivity (Wildman–Crippen MR) is 69.4 cm³/mol. The summed E-state index contributed by atoms with van der Waals surface area (Å²) in [5, 5.41) is 20.7. The van der Waals surface area contributed by atoms with Gasteiger partial charge in [0, 0.05) is 13.1 Å². The summed E-state index contributed by atoms with van der Waals surface area (Å²) in [5.41, 5.74) is -1.12. The third-order valence-electron chi connectivity index (χ3n) is 3.60. The maximum Gasteiger partial charge on any atom is 0.329 e. The summed E-state index contributed by atoms with van der Waals surface area (Å²) in [6, 6.07) is 1.68. The molecule has 0 radical (unpaired) electrons. The summed E-state index contributed by atoms with van der Waals surface area (Å²) >= 11 is 0. The highest BCUT2D eigenvalue weighted by Gasteiger charge is 2.43. The zero-order valence-electron chi connectivity index (χ0n) is 11.5. The van der Waals surface area contributed by atoms with Crippen LogP contribution in [0.15, 0.2) is 0 Å². The van der Waals surface area contributed by atoms with Crippen LogP contribution in [-0.2, 0) is 4.79 Å². The van der Waals surface area contributed by atoms with Gasteiger partial charge in [0.1, 0.15) is 5.54 Å². The molecule has 0 aromatic heterocycles. The van der Waals surface area contributed by atoms with Gasteiger partial charge in [-0.25, -0.2) is 9.59 Å². The molecule has 0 saturated heterocycles. The molecule has 0 aliphatic heterocycles. The molecule has 0 heterocycles. The SMILES string of the molecule is CCN(CC(C)C#N)C(=O)NC1(C(=O)O)CCCC1. The molecule has 0 spiro atoms. The summed E-state index contributed by atoms with van der Waals surface area (Å²) in [7, 11) is 0. The molecule has 1 unspecified atom stereocenters. The molecule has 106 valence electrons. The van der Waals surface area contributed by atoms with Crippen LogP contribution in [0.3, 0.4) is 0 Å². The van der Waals surface area contributed by atoms with Crippen LogP contribution in [0.25, 0.3) is 0 Å². The van der Waals surface area contributed by atoms with Gasteiger partial charge in [-0.2, -0.15) is 5.26 Å². The summed E-state index contributed by atoms with van der Waals surface area (Å²) in [4.78, 5) is 25.0. The standard InChI is InChI=1S/C13H21N3O3/c1-3-16(9-10(2)8-14)12(19)15-13(11(17)18)6-4-5-7-13/h10H,3-7,9H2,1-2H3,(H,15,19)(H,17,18). The highest BCUT2D eigenvalue weighted by atomic mass is 16.4. The van der Waals surface area contributed by atoms with Gasteiger partial charge in [0.15, 0.2) is 0 Å². The van der Waals surface area contributed by atoms with E-state index >= 15 is 0 Å². The van der Waals surface area contributed by atoms with Crippen molar-refractivity contribution in [1.82, 2.24) is 10.2 Å². The van der Waals surface area contributed by atoms with Crippen LogP contribution in [0.2, 0.25) is 0 Å². The third kappa shape index (κ3) is 3.60. The number of nitriles is 1. The molecule has 0 bridgehead atoms. The molecular weight excluding hydrogens is 246 g/mol. The Hall–Kier alpha value is -1.77. The monoisotopic (exact) mass is 267 g/mol. The van der Waals surface area contributed by atoms with Gasteiger partial charge in [0.05, 0.1) is 12.0 Å². The van der Waals surface area contributed by atoms with Crippen LogP contribution in [0.5, 0.6) is 0 Å². The lowest BCUT2D eigenvalue weighted by atomic mass is 9.98. The number of rotatable bonds is 5. The molecule has 1 atom stereocenters. The number of nitrogens with one attached hydrogen (secondary N) is 1. The van der Waals surface area contributed by atoms with Gasteiger partial charge >= 0.3 is 12.0 Å². The second kappa shape index (κ2) is 6.41. The van der Waals surface area contributed by atoms with Crippen molar-refractivity contribution in [3.63, 3.8) is 0 Å². The fourth-order valence-electron chi connectivity index (χ4n) is 2.38. The zero-order chi connectivity index (χ0) is 14.5. The number of carboxylic acids is 1. The van der Waals surface area contributed by atoms with E-state index in [4.69, 9.17) is 5.26 Å². The Morgan fingerprint density at radius 1 is 1.47 bits per heavy atom. The van der Waals surface area contributed by atoms with Crippen LogP contribution in [0.1, 0.15) is 39.5 Å². The Balaban J connectivity index is 2.70. The summed E-state index contributed by atoms with van der Waals surface area (Å²) in [5.74, 6) is -1.24. The van der Waals surface area contributed by atoms with Crippen molar-refractivity contribution in [2.45, 2.75) is 45.1 Å². The molecule has 2 N–H and O–H groups in total. The van der Waals surface area contributed by atoms with Crippen molar-refractivity contribution in [3.05, 3.63) is 0 Å². The summed E-state index contributed by atoms with van der Waals surface area (Å²) in [6.45, 7) is 4.31. The van der Waals surface area contributed by atoms with Crippen molar-refractivity contribution >= 4 is 12.0 Å². The Kier molecular flexibility index (Phi) is 5.16. The molecule has 1 rings (SSSR count). The van der Waals surface area contributed by atoms with Gasteiger partial charge < -0.3 is 15.3 Å². The number of nitrogens with zero attached hydrogens (tertiary/aromatic N) is 2. The van der Waals surface area contributed by atoms with E-state index in [0.717, 1.165) is 12.8 Å². The Bertz CT molecular complexity index is 383. The molecule has 1 aliphatic rings. The van der Waals surface area contributed by atoms with Crippen LogP contribution in [0.4, 0.5) is 4.79 Å². The van der Waals surface area contributed by atoms with E-state index in [0.29, 0.717) is 25.9 Å². The number of hydrogen-bond acceptors (Lipinski definition) is 3.